The van der Waals surface area contributed by atoms with Gasteiger partial charge in [0.2, 0.25) is 15.9 Å². The van der Waals surface area contributed by atoms with Crippen LogP contribution in [-0.2, 0) is 28.3 Å². The number of amides is 1. The van der Waals surface area contributed by atoms with E-state index in [4.69, 9.17) is 0 Å². The highest BCUT2D eigenvalue weighted by atomic mass is 32.2. The van der Waals surface area contributed by atoms with Crippen molar-refractivity contribution in [3.8, 4) is 0 Å². The zero-order chi connectivity index (χ0) is 22.9. The summed E-state index contributed by atoms with van der Waals surface area (Å²) in [6, 6.07) is 9.62. The van der Waals surface area contributed by atoms with Crippen LogP contribution in [0.5, 0.6) is 0 Å². The number of aromatic nitrogens is 2. The monoisotopic (exact) mass is 458 g/mol. The van der Waals surface area contributed by atoms with Crippen molar-refractivity contribution in [1.82, 2.24) is 13.9 Å². The van der Waals surface area contributed by atoms with Crippen molar-refractivity contribution >= 4 is 32.7 Å². The lowest BCUT2D eigenvalue weighted by Gasteiger charge is -2.25. The summed E-state index contributed by atoms with van der Waals surface area (Å²) in [6.07, 6.45) is 3.29. The van der Waals surface area contributed by atoms with Crippen LogP contribution < -0.4 is 5.32 Å². The summed E-state index contributed by atoms with van der Waals surface area (Å²) in [5, 5.41) is 2.59. The van der Waals surface area contributed by atoms with Gasteiger partial charge in [-0.1, -0.05) is 12.5 Å². The number of hydrogen-bond donors (Lipinski definition) is 1. The fourth-order valence-electron chi connectivity index (χ4n) is 4.03. The van der Waals surface area contributed by atoms with Gasteiger partial charge in [-0.3, -0.25) is 4.79 Å². The van der Waals surface area contributed by atoms with Crippen LogP contribution in [0.15, 0.2) is 41.3 Å². The number of rotatable bonds is 6. The summed E-state index contributed by atoms with van der Waals surface area (Å²) in [7, 11) is -1.71. The van der Waals surface area contributed by atoms with Crippen molar-refractivity contribution in [2.24, 2.45) is 7.05 Å². The van der Waals surface area contributed by atoms with Gasteiger partial charge >= 0.3 is 0 Å². The molecule has 32 heavy (non-hydrogen) atoms. The molecule has 2 aromatic carbocycles. The molecule has 1 N–H and O–H groups in total. The van der Waals surface area contributed by atoms with E-state index in [1.807, 2.05) is 11.6 Å². The molecular weight excluding hydrogens is 431 g/mol. The van der Waals surface area contributed by atoms with E-state index < -0.39 is 15.8 Å². The van der Waals surface area contributed by atoms with Gasteiger partial charge in [-0.15, -0.1) is 0 Å². The summed E-state index contributed by atoms with van der Waals surface area (Å²) in [4.78, 5) is 17.1. The van der Waals surface area contributed by atoms with Crippen LogP contribution in [0.2, 0.25) is 0 Å². The normalized spacial score (nSPS) is 15.2. The summed E-state index contributed by atoms with van der Waals surface area (Å²) >= 11 is 0. The number of anilines is 1. The molecule has 0 saturated carbocycles. The van der Waals surface area contributed by atoms with E-state index in [2.05, 4.69) is 10.3 Å². The van der Waals surface area contributed by atoms with Gasteiger partial charge in [-0.05, 0) is 55.7 Å². The van der Waals surface area contributed by atoms with E-state index in [1.54, 1.807) is 37.3 Å². The number of aryl methyl sites for hydroxylation is 3. The maximum Gasteiger partial charge on any atom is 0.243 e. The minimum atomic E-state index is -3.54. The van der Waals surface area contributed by atoms with Gasteiger partial charge in [-0.2, -0.15) is 4.31 Å². The zero-order valence-electron chi connectivity index (χ0n) is 18.3. The topological polar surface area (TPSA) is 84.3 Å². The van der Waals surface area contributed by atoms with Crippen LogP contribution in [-0.4, -0.2) is 41.3 Å². The number of piperidine rings is 1. The Labute approximate surface area is 187 Å². The number of nitrogens with zero attached hydrogens (tertiary/aromatic N) is 3. The van der Waals surface area contributed by atoms with Gasteiger partial charge in [0.1, 0.15) is 11.6 Å². The molecule has 1 aromatic heterocycles. The average Bonchev–Trinajstić information content (AvgIpc) is 3.10. The van der Waals surface area contributed by atoms with Crippen molar-refractivity contribution in [3.05, 3.63) is 53.6 Å². The molecule has 170 valence electrons. The molecule has 0 aliphatic carbocycles. The molecule has 1 fully saturated rings. The first kappa shape index (κ1) is 22.4. The van der Waals surface area contributed by atoms with E-state index >= 15 is 0 Å². The minimum absolute atomic E-state index is 0.128. The van der Waals surface area contributed by atoms with E-state index in [0.29, 0.717) is 30.9 Å². The molecule has 1 aliphatic heterocycles. The van der Waals surface area contributed by atoms with Crippen LogP contribution in [0, 0.1) is 12.7 Å². The number of sulfonamides is 1. The fourth-order valence-corrected chi connectivity index (χ4v) is 5.57. The molecule has 2 heterocycles. The molecule has 1 saturated heterocycles. The standard InChI is InChI=1S/C23H27FN4O3S/c1-16-6-8-19(18(24)14-16)26-23(29)11-10-22-25-20-15-17(7-9-21(20)27(22)2)32(30,31)28-12-4-3-5-13-28/h6-9,14-15H,3-5,10-13H2,1-2H3,(H,26,29). The highest BCUT2D eigenvalue weighted by Crippen LogP contribution is 2.25. The minimum Gasteiger partial charge on any atom is -0.331 e. The first-order valence-corrected chi connectivity index (χ1v) is 12.2. The molecule has 0 bridgehead atoms. The third-order valence-corrected chi connectivity index (χ3v) is 7.77. The molecule has 0 radical (unpaired) electrons. The maximum atomic E-state index is 14.0. The van der Waals surface area contributed by atoms with Gasteiger partial charge in [0.15, 0.2) is 0 Å². The highest BCUT2D eigenvalue weighted by Gasteiger charge is 2.26. The second kappa shape index (κ2) is 8.99. The number of nitrogens with one attached hydrogen (secondary N) is 1. The maximum absolute atomic E-state index is 14.0. The first-order valence-electron chi connectivity index (χ1n) is 10.8. The smallest absolute Gasteiger partial charge is 0.243 e. The number of carbonyl (C=O) groups is 1. The Morgan fingerprint density at radius 1 is 1.12 bits per heavy atom. The molecule has 0 spiro atoms. The predicted octanol–water partition coefficient (Wildman–Crippen LogP) is 3.77. The SMILES string of the molecule is Cc1ccc(NC(=O)CCc2nc3cc(S(=O)(=O)N4CCCCC4)ccc3n2C)c(F)c1. The van der Waals surface area contributed by atoms with Crippen LogP contribution in [0.1, 0.15) is 37.1 Å². The van der Waals surface area contributed by atoms with Gasteiger partial charge < -0.3 is 9.88 Å². The Hall–Kier alpha value is -2.78. The Balaban J connectivity index is 1.49. The molecule has 0 unspecified atom stereocenters. The van der Waals surface area contributed by atoms with Gasteiger partial charge in [0.05, 0.1) is 21.6 Å². The van der Waals surface area contributed by atoms with Crippen LogP contribution in [0.3, 0.4) is 0 Å². The number of benzene rings is 2. The second-order valence-electron chi connectivity index (χ2n) is 8.23. The van der Waals surface area contributed by atoms with Gasteiger partial charge in [-0.25, -0.2) is 17.8 Å². The van der Waals surface area contributed by atoms with Crippen LogP contribution in [0.4, 0.5) is 10.1 Å². The lowest BCUT2D eigenvalue weighted by molar-refractivity contribution is -0.116. The second-order valence-corrected chi connectivity index (χ2v) is 10.2. The molecule has 4 rings (SSSR count). The van der Waals surface area contributed by atoms with Crippen molar-refractivity contribution in [2.75, 3.05) is 18.4 Å². The average molecular weight is 459 g/mol. The third kappa shape index (κ3) is 4.54. The van der Waals surface area contributed by atoms with E-state index in [-0.39, 0.29) is 22.9 Å². The third-order valence-electron chi connectivity index (χ3n) is 5.87. The van der Waals surface area contributed by atoms with E-state index in [0.717, 1.165) is 30.3 Å². The van der Waals surface area contributed by atoms with Gasteiger partial charge in [0, 0.05) is 33.0 Å². The number of hydrogen-bond acceptors (Lipinski definition) is 4. The summed E-state index contributed by atoms with van der Waals surface area (Å²) in [5.74, 6) is -0.122. The van der Waals surface area contributed by atoms with Crippen molar-refractivity contribution in [2.45, 2.75) is 43.9 Å². The molecule has 7 nitrogen and oxygen atoms in total. The largest absolute Gasteiger partial charge is 0.331 e. The zero-order valence-corrected chi connectivity index (χ0v) is 19.1. The Kier molecular flexibility index (Phi) is 6.30. The Morgan fingerprint density at radius 2 is 1.88 bits per heavy atom. The summed E-state index contributed by atoms with van der Waals surface area (Å²) < 4.78 is 43.3. The Morgan fingerprint density at radius 3 is 2.59 bits per heavy atom. The van der Waals surface area contributed by atoms with E-state index in [9.17, 15) is 17.6 Å². The number of carbonyl (C=O) groups excluding carboxylic acids is 1. The molecule has 1 amide bonds. The number of imidazole rings is 1. The molecule has 1 aliphatic rings. The van der Waals surface area contributed by atoms with Crippen molar-refractivity contribution in [3.63, 3.8) is 0 Å². The lowest BCUT2D eigenvalue weighted by Crippen LogP contribution is -2.35. The van der Waals surface area contributed by atoms with Crippen molar-refractivity contribution < 1.29 is 17.6 Å². The molecule has 9 heteroatoms. The Bertz CT molecular complexity index is 1260. The molecule has 3 aromatic rings. The van der Waals surface area contributed by atoms with Crippen molar-refractivity contribution in [1.29, 1.82) is 0 Å². The number of fused-ring (bicyclic) bond motifs is 1. The summed E-state index contributed by atoms with van der Waals surface area (Å²) in [6.45, 7) is 2.87. The predicted molar refractivity (Wildman–Crippen MR) is 121 cm³/mol. The molecular formula is C23H27FN4O3S. The highest BCUT2D eigenvalue weighted by molar-refractivity contribution is 7.89. The fraction of sp³-hybridized carbons (Fsp3) is 0.391. The van der Waals surface area contributed by atoms with Crippen LogP contribution in [0.25, 0.3) is 11.0 Å². The molecule has 0 atom stereocenters. The number of halogens is 1. The quantitative estimate of drug-likeness (QED) is 0.610. The summed E-state index contributed by atoms with van der Waals surface area (Å²) in [5.41, 5.74) is 2.30. The van der Waals surface area contributed by atoms with E-state index in [1.165, 1.54) is 10.4 Å². The van der Waals surface area contributed by atoms with Gasteiger partial charge in [0.25, 0.3) is 0 Å². The van der Waals surface area contributed by atoms with Crippen LogP contribution >= 0.6 is 0 Å². The first-order chi connectivity index (χ1) is 15.3. The lowest BCUT2D eigenvalue weighted by atomic mass is 10.2.